The molecule has 6 nitrogen and oxygen atoms in total. The van der Waals surface area contributed by atoms with Crippen molar-refractivity contribution in [1.82, 2.24) is 19.2 Å². The largest absolute Gasteiger partial charge is 0.494 e. The highest BCUT2D eigenvalue weighted by Gasteiger charge is 2.19. The van der Waals surface area contributed by atoms with Gasteiger partial charge in [0, 0.05) is 18.7 Å². The van der Waals surface area contributed by atoms with Crippen LogP contribution in [0.2, 0.25) is 0 Å². The topological polar surface area (TPSA) is 44.4 Å². The molecule has 3 aromatic rings. The highest BCUT2D eigenvalue weighted by molar-refractivity contribution is 7.71. The van der Waals surface area contributed by atoms with E-state index in [1.807, 2.05) is 31.2 Å². The van der Waals surface area contributed by atoms with Crippen molar-refractivity contribution >= 4 is 12.2 Å². The summed E-state index contributed by atoms with van der Waals surface area (Å²) in [4.78, 5) is 2.22. The summed E-state index contributed by atoms with van der Waals surface area (Å²) in [5, 5.41) is 4.75. The van der Waals surface area contributed by atoms with Crippen molar-refractivity contribution in [2.45, 2.75) is 13.6 Å². The Morgan fingerprint density at radius 3 is 2.52 bits per heavy atom. The van der Waals surface area contributed by atoms with E-state index in [0.717, 1.165) is 24.4 Å². The number of rotatable bonds is 6. The van der Waals surface area contributed by atoms with E-state index >= 15 is 0 Å². The van der Waals surface area contributed by atoms with Crippen molar-refractivity contribution in [3.63, 3.8) is 0 Å². The zero-order chi connectivity index (χ0) is 20.2. The van der Waals surface area contributed by atoms with Gasteiger partial charge in [-0.1, -0.05) is 12.1 Å². The molecule has 0 aliphatic carbocycles. The van der Waals surface area contributed by atoms with Crippen LogP contribution in [-0.4, -0.2) is 52.2 Å². The number of para-hydroxylation sites is 1. The van der Waals surface area contributed by atoms with Gasteiger partial charge in [0.1, 0.15) is 11.6 Å². The first kappa shape index (κ1) is 19.8. The van der Waals surface area contributed by atoms with Gasteiger partial charge in [-0.25, -0.2) is 9.07 Å². The summed E-state index contributed by atoms with van der Waals surface area (Å²) >= 11 is 5.70. The predicted octanol–water partition coefficient (Wildman–Crippen LogP) is 3.90. The number of morpholine rings is 1. The van der Waals surface area contributed by atoms with Gasteiger partial charge in [0.25, 0.3) is 0 Å². The lowest BCUT2D eigenvalue weighted by molar-refractivity contribution is 0.0210. The zero-order valence-corrected chi connectivity index (χ0v) is 17.1. The summed E-state index contributed by atoms with van der Waals surface area (Å²) in [5.41, 5.74) is 1.22. The fourth-order valence-electron chi connectivity index (χ4n) is 3.34. The van der Waals surface area contributed by atoms with Crippen LogP contribution < -0.4 is 4.74 Å². The standard InChI is InChI=1S/C21H23FN4O2S/c1-2-28-17-9-7-16(8-10-17)20-23-25(15-24-11-13-27-14-12-24)21(29)26(20)19-6-4-3-5-18(19)22/h3-10H,2,11-15H2,1H3. The monoisotopic (exact) mass is 414 g/mol. The maximum Gasteiger partial charge on any atom is 0.204 e. The van der Waals surface area contributed by atoms with Gasteiger partial charge >= 0.3 is 0 Å². The molecule has 0 radical (unpaired) electrons. The third-order valence-corrected chi connectivity index (χ3v) is 5.19. The molecule has 0 saturated carbocycles. The Hall–Kier alpha value is -2.55. The number of halogens is 1. The molecule has 0 atom stereocenters. The molecule has 2 aromatic carbocycles. The molecule has 0 bridgehead atoms. The number of nitrogens with zero attached hydrogens (tertiary/aromatic N) is 4. The highest BCUT2D eigenvalue weighted by atomic mass is 32.1. The van der Waals surface area contributed by atoms with Gasteiger partial charge < -0.3 is 9.47 Å². The van der Waals surface area contributed by atoms with E-state index in [-0.39, 0.29) is 5.82 Å². The second-order valence-corrected chi connectivity index (χ2v) is 7.09. The van der Waals surface area contributed by atoms with Crippen LogP contribution in [0.1, 0.15) is 6.92 Å². The normalized spacial score (nSPS) is 14.8. The summed E-state index contributed by atoms with van der Waals surface area (Å²) in [6.07, 6.45) is 0. The molecule has 0 spiro atoms. The number of hydrogen-bond acceptors (Lipinski definition) is 5. The maximum atomic E-state index is 14.6. The summed E-state index contributed by atoms with van der Waals surface area (Å²) in [6.45, 7) is 6.07. The van der Waals surface area contributed by atoms with Crippen LogP contribution in [0.25, 0.3) is 17.1 Å². The van der Waals surface area contributed by atoms with Gasteiger partial charge in [0.05, 0.1) is 32.2 Å². The Bertz CT molecular complexity index is 1030. The third kappa shape index (κ3) is 4.24. The van der Waals surface area contributed by atoms with Gasteiger partial charge in [-0.05, 0) is 55.5 Å². The molecule has 2 heterocycles. The summed E-state index contributed by atoms with van der Waals surface area (Å²) in [7, 11) is 0. The van der Waals surface area contributed by atoms with Crippen molar-refractivity contribution in [1.29, 1.82) is 0 Å². The second-order valence-electron chi connectivity index (χ2n) is 6.72. The van der Waals surface area contributed by atoms with Crippen LogP contribution in [0, 0.1) is 10.6 Å². The average molecular weight is 415 g/mol. The lowest BCUT2D eigenvalue weighted by Crippen LogP contribution is -2.37. The molecular formula is C21H23FN4O2S. The molecule has 1 saturated heterocycles. The number of ether oxygens (including phenoxy) is 2. The van der Waals surface area contributed by atoms with Crippen LogP contribution in [0.15, 0.2) is 48.5 Å². The molecular weight excluding hydrogens is 391 g/mol. The van der Waals surface area contributed by atoms with Gasteiger partial charge in [-0.3, -0.25) is 9.47 Å². The molecule has 1 aliphatic heterocycles. The first-order valence-corrected chi connectivity index (χ1v) is 10.1. The number of hydrogen-bond donors (Lipinski definition) is 0. The molecule has 29 heavy (non-hydrogen) atoms. The van der Waals surface area contributed by atoms with Gasteiger partial charge in [0.2, 0.25) is 4.77 Å². The van der Waals surface area contributed by atoms with E-state index < -0.39 is 0 Å². The number of aromatic nitrogens is 3. The lowest BCUT2D eigenvalue weighted by Gasteiger charge is -2.26. The summed E-state index contributed by atoms with van der Waals surface area (Å²) in [6, 6.07) is 14.2. The maximum absolute atomic E-state index is 14.6. The molecule has 0 N–H and O–H groups in total. The van der Waals surface area contributed by atoms with Crippen molar-refractivity contribution in [3.05, 3.63) is 59.1 Å². The molecule has 1 fully saturated rings. The fourth-order valence-corrected chi connectivity index (χ4v) is 3.62. The average Bonchev–Trinajstić information content (AvgIpc) is 3.06. The fraction of sp³-hybridized carbons (Fsp3) is 0.333. The molecule has 152 valence electrons. The smallest absolute Gasteiger partial charge is 0.204 e. The quantitative estimate of drug-likeness (QED) is 0.573. The van der Waals surface area contributed by atoms with Crippen molar-refractivity contribution in [2.24, 2.45) is 0 Å². The highest BCUT2D eigenvalue weighted by Crippen LogP contribution is 2.26. The van der Waals surface area contributed by atoms with Gasteiger partial charge in [0.15, 0.2) is 5.82 Å². The Labute approximate surface area is 174 Å². The number of benzene rings is 2. The Morgan fingerprint density at radius 2 is 1.83 bits per heavy atom. The van der Waals surface area contributed by atoms with E-state index in [1.165, 1.54) is 6.07 Å². The van der Waals surface area contributed by atoms with E-state index in [2.05, 4.69) is 4.90 Å². The first-order valence-electron chi connectivity index (χ1n) is 9.65. The Balaban J connectivity index is 1.78. The Morgan fingerprint density at radius 1 is 1.10 bits per heavy atom. The van der Waals surface area contributed by atoms with E-state index in [9.17, 15) is 4.39 Å². The molecule has 0 amide bonds. The van der Waals surface area contributed by atoms with Crippen LogP contribution in [0.5, 0.6) is 5.75 Å². The molecule has 0 unspecified atom stereocenters. The lowest BCUT2D eigenvalue weighted by atomic mass is 10.2. The SMILES string of the molecule is CCOc1ccc(-c2nn(CN3CCOCC3)c(=S)n2-c2ccccc2F)cc1. The van der Waals surface area contributed by atoms with Crippen molar-refractivity contribution in [3.8, 4) is 22.8 Å². The van der Waals surface area contributed by atoms with Crippen LogP contribution in [-0.2, 0) is 11.4 Å². The minimum Gasteiger partial charge on any atom is -0.494 e. The minimum atomic E-state index is -0.346. The van der Waals surface area contributed by atoms with E-state index in [1.54, 1.807) is 27.4 Å². The zero-order valence-electron chi connectivity index (χ0n) is 16.3. The molecule has 4 rings (SSSR count). The third-order valence-electron chi connectivity index (χ3n) is 4.79. The predicted molar refractivity (Wildman–Crippen MR) is 111 cm³/mol. The second kappa shape index (κ2) is 8.86. The Kier molecular flexibility index (Phi) is 6.03. The van der Waals surface area contributed by atoms with Crippen LogP contribution in [0.3, 0.4) is 0 Å². The summed E-state index contributed by atoms with van der Waals surface area (Å²) in [5.74, 6) is 1.03. The molecule has 1 aliphatic rings. The molecule has 1 aromatic heterocycles. The van der Waals surface area contributed by atoms with Gasteiger partial charge in [-0.15, -0.1) is 5.10 Å². The van der Waals surface area contributed by atoms with E-state index in [4.69, 9.17) is 26.8 Å². The van der Waals surface area contributed by atoms with Crippen LogP contribution >= 0.6 is 12.2 Å². The van der Waals surface area contributed by atoms with Crippen molar-refractivity contribution in [2.75, 3.05) is 32.9 Å². The summed E-state index contributed by atoms with van der Waals surface area (Å²) < 4.78 is 29.5. The van der Waals surface area contributed by atoms with E-state index in [0.29, 0.717) is 42.8 Å². The van der Waals surface area contributed by atoms with Crippen molar-refractivity contribution < 1.29 is 13.9 Å². The molecule has 8 heteroatoms. The van der Waals surface area contributed by atoms with Gasteiger partial charge in [-0.2, -0.15) is 0 Å². The minimum absolute atomic E-state index is 0.346. The first-order chi connectivity index (χ1) is 14.2. The van der Waals surface area contributed by atoms with Crippen LogP contribution in [0.4, 0.5) is 4.39 Å².